The summed E-state index contributed by atoms with van der Waals surface area (Å²) >= 11 is 0. The van der Waals surface area contributed by atoms with Gasteiger partial charge in [0.25, 0.3) is 11.8 Å². The molecule has 5 amide bonds. The van der Waals surface area contributed by atoms with E-state index in [-0.39, 0.29) is 41.4 Å². The zero-order valence-corrected chi connectivity index (χ0v) is 34.2. The average Bonchev–Trinajstić information content (AvgIpc) is 3.92. The van der Waals surface area contributed by atoms with Crippen LogP contribution in [0.4, 0.5) is 11.4 Å². The molecule has 13 heteroatoms. The van der Waals surface area contributed by atoms with Crippen molar-refractivity contribution in [3.05, 3.63) is 101 Å². The third kappa shape index (κ3) is 10.2. The van der Waals surface area contributed by atoms with Crippen LogP contribution in [0.2, 0.25) is 0 Å². The summed E-state index contributed by atoms with van der Waals surface area (Å²) in [5, 5.41) is 18.6. The Hall–Kier alpha value is -5.98. The number of para-hydroxylation sites is 1. The molecule has 4 heterocycles. The summed E-state index contributed by atoms with van der Waals surface area (Å²) < 4.78 is 0. The Morgan fingerprint density at radius 1 is 0.783 bits per heavy atom. The first-order chi connectivity index (χ1) is 29.2. The number of nitrogens with zero attached hydrogens (tertiary/aromatic N) is 3. The van der Waals surface area contributed by atoms with E-state index in [4.69, 9.17) is 0 Å². The molecule has 0 spiro atoms. The van der Waals surface area contributed by atoms with Crippen molar-refractivity contribution in [2.45, 2.75) is 108 Å². The highest BCUT2D eigenvalue weighted by Crippen LogP contribution is 2.35. The summed E-state index contributed by atoms with van der Waals surface area (Å²) in [4.78, 5) is 80.4. The maximum atomic E-state index is 13.0. The lowest BCUT2D eigenvalue weighted by atomic mass is 10.0. The van der Waals surface area contributed by atoms with Gasteiger partial charge in [0, 0.05) is 74.8 Å². The van der Waals surface area contributed by atoms with Crippen molar-refractivity contribution in [3.63, 3.8) is 0 Å². The monoisotopic (exact) mass is 816 g/mol. The summed E-state index contributed by atoms with van der Waals surface area (Å²) in [6.45, 7) is 3.14. The molecule has 0 saturated carbocycles. The number of nitrogens with one attached hydrogen (secondary N) is 3. The van der Waals surface area contributed by atoms with Gasteiger partial charge in [0.15, 0.2) is 5.78 Å². The number of hydrogen-bond donors (Lipinski definition) is 4. The van der Waals surface area contributed by atoms with Crippen molar-refractivity contribution < 1.29 is 33.9 Å². The number of unbranched alkanes of at least 4 members (excludes halogenated alkanes) is 8. The number of anilines is 2. The van der Waals surface area contributed by atoms with E-state index in [1.54, 1.807) is 42.5 Å². The van der Waals surface area contributed by atoms with Crippen molar-refractivity contribution in [1.82, 2.24) is 20.4 Å². The van der Waals surface area contributed by atoms with Crippen molar-refractivity contribution in [1.29, 1.82) is 0 Å². The first kappa shape index (κ1) is 42.2. The Balaban J connectivity index is 0.683. The Morgan fingerprint density at radius 2 is 1.50 bits per heavy atom. The first-order valence-electron chi connectivity index (χ1n) is 21.6. The highest BCUT2D eigenvalue weighted by atomic mass is 16.3. The number of hydrogen-bond acceptors (Lipinski definition) is 10. The van der Waals surface area contributed by atoms with Gasteiger partial charge in [-0.3, -0.25) is 39.0 Å². The molecule has 1 unspecified atom stereocenters. The molecule has 3 aromatic rings. The molecular formula is C47H56N6O7. The van der Waals surface area contributed by atoms with Gasteiger partial charge in [-0.05, 0) is 80.1 Å². The summed E-state index contributed by atoms with van der Waals surface area (Å²) in [5.74, 6) is -2.08. The molecule has 0 aromatic heterocycles. The van der Waals surface area contributed by atoms with E-state index in [1.165, 1.54) is 36.6 Å². The quantitative estimate of drug-likeness (QED) is 0.0425. The number of likely N-dealkylation sites (tertiary alicyclic amines) is 1. The van der Waals surface area contributed by atoms with Crippen LogP contribution in [0.1, 0.15) is 120 Å². The normalized spacial score (nSPS) is 19.7. The van der Waals surface area contributed by atoms with E-state index < -0.39 is 29.7 Å². The van der Waals surface area contributed by atoms with Crippen LogP contribution in [0, 0.1) is 0 Å². The number of piperazine rings is 1. The molecule has 7 rings (SSSR count). The van der Waals surface area contributed by atoms with Crippen LogP contribution in [0.15, 0.2) is 79.0 Å². The molecule has 316 valence electrons. The van der Waals surface area contributed by atoms with Crippen LogP contribution in [0.25, 0.3) is 0 Å². The lowest BCUT2D eigenvalue weighted by Gasteiger charge is -2.35. The van der Waals surface area contributed by atoms with E-state index in [0.717, 1.165) is 81.6 Å². The predicted molar refractivity (Wildman–Crippen MR) is 229 cm³/mol. The van der Waals surface area contributed by atoms with Crippen LogP contribution < -0.4 is 20.9 Å². The number of aromatic hydroxyl groups is 1. The minimum atomic E-state index is -0.965. The molecule has 13 nitrogen and oxygen atoms in total. The third-order valence-electron chi connectivity index (χ3n) is 12.2. The van der Waals surface area contributed by atoms with Crippen LogP contribution >= 0.6 is 0 Å². The number of amides is 5. The van der Waals surface area contributed by atoms with Crippen molar-refractivity contribution in [2.24, 2.45) is 0 Å². The SMILES string of the molecule is O=C(CCCCCCCCCCCNc1ccc2c(c1)C(=O)N(C1CCC(=O)NC1=O)C2=O)NCCc1ccc(N2C[C@@H]3C[C@H]2CN3/C=C/C(=O)c2ccccc2O)cc1. The van der Waals surface area contributed by atoms with Gasteiger partial charge in [0.1, 0.15) is 11.8 Å². The van der Waals surface area contributed by atoms with Crippen LogP contribution in [-0.4, -0.2) is 94.5 Å². The van der Waals surface area contributed by atoms with Gasteiger partial charge in [-0.25, -0.2) is 0 Å². The molecular weight excluding hydrogens is 761 g/mol. The topological polar surface area (TPSA) is 168 Å². The van der Waals surface area contributed by atoms with Crippen molar-refractivity contribution in [2.75, 3.05) is 36.4 Å². The van der Waals surface area contributed by atoms with Gasteiger partial charge < -0.3 is 25.5 Å². The number of benzene rings is 3. The Bertz CT molecular complexity index is 2100. The fourth-order valence-corrected chi connectivity index (χ4v) is 8.88. The largest absolute Gasteiger partial charge is 0.507 e. The lowest BCUT2D eigenvalue weighted by molar-refractivity contribution is -0.136. The molecule has 3 atom stereocenters. The number of phenolic OH excluding ortho intramolecular Hbond substituents is 1. The van der Waals surface area contributed by atoms with Crippen LogP contribution in [0.5, 0.6) is 5.75 Å². The van der Waals surface area contributed by atoms with Crippen LogP contribution in [0.3, 0.4) is 0 Å². The summed E-state index contributed by atoms with van der Waals surface area (Å²) in [5.41, 5.74) is 4.03. The standard InChI is InChI=1S/C47H56N6O7/c54-41-13-10-9-12-38(41)42(55)24-27-51-30-36-29-35(51)31-52(36)34-18-15-32(16-19-34)23-26-49-43(56)14-8-6-4-2-1-3-5-7-11-25-48-33-17-20-37-39(28-33)47(60)53(46(37)59)40-21-22-44(57)50-45(40)58/h9-10,12-13,15-20,24,27-28,35-36,40,48,54H,1-8,11,14,21-23,25-26,29-31H2,(H,49,56)(H,50,57,58)/b27-24+/t35-,36-,40?/m0/s1. The number of carbonyl (C=O) groups excluding carboxylic acids is 6. The summed E-state index contributed by atoms with van der Waals surface area (Å²) in [6.07, 6.45) is 15.9. The second-order valence-electron chi connectivity index (χ2n) is 16.4. The Morgan fingerprint density at radius 3 is 2.22 bits per heavy atom. The minimum Gasteiger partial charge on any atom is -0.507 e. The summed E-state index contributed by atoms with van der Waals surface area (Å²) in [7, 11) is 0. The second-order valence-corrected chi connectivity index (χ2v) is 16.4. The van der Waals surface area contributed by atoms with E-state index in [0.29, 0.717) is 30.6 Å². The average molecular weight is 817 g/mol. The van der Waals surface area contributed by atoms with Crippen molar-refractivity contribution >= 4 is 46.7 Å². The Labute approximate surface area is 351 Å². The minimum absolute atomic E-state index is 0.00149. The van der Waals surface area contributed by atoms with Crippen molar-refractivity contribution in [3.8, 4) is 5.75 Å². The number of ketones is 1. The predicted octanol–water partition coefficient (Wildman–Crippen LogP) is 6.12. The van der Waals surface area contributed by atoms with E-state index in [2.05, 4.69) is 50.0 Å². The van der Waals surface area contributed by atoms with Gasteiger partial charge in [-0.1, -0.05) is 69.2 Å². The maximum absolute atomic E-state index is 13.0. The Kier molecular flexibility index (Phi) is 13.9. The smallest absolute Gasteiger partial charge is 0.262 e. The number of piperidine rings is 1. The molecule has 3 aromatic carbocycles. The van der Waals surface area contributed by atoms with Gasteiger partial charge in [0.2, 0.25) is 17.7 Å². The summed E-state index contributed by atoms with van der Waals surface area (Å²) in [6, 6.07) is 20.1. The van der Waals surface area contributed by atoms with Gasteiger partial charge >= 0.3 is 0 Å². The lowest BCUT2D eigenvalue weighted by Crippen LogP contribution is -2.54. The molecule has 3 saturated heterocycles. The molecule has 4 N–H and O–H groups in total. The van der Waals surface area contributed by atoms with E-state index in [9.17, 15) is 33.9 Å². The number of fused-ring (bicyclic) bond motifs is 3. The fraction of sp³-hybridized carbons (Fsp3) is 0.447. The number of allylic oxidation sites excluding steroid dienone is 1. The van der Waals surface area contributed by atoms with Gasteiger partial charge in [-0.15, -0.1) is 0 Å². The zero-order chi connectivity index (χ0) is 42.0. The van der Waals surface area contributed by atoms with E-state index >= 15 is 0 Å². The number of imide groups is 2. The van der Waals surface area contributed by atoms with Gasteiger partial charge in [-0.2, -0.15) is 0 Å². The molecule has 2 bridgehead atoms. The van der Waals surface area contributed by atoms with E-state index in [1.807, 2.05) is 6.20 Å². The molecule has 60 heavy (non-hydrogen) atoms. The molecule has 3 fully saturated rings. The number of carbonyl (C=O) groups is 6. The van der Waals surface area contributed by atoms with Gasteiger partial charge in [0.05, 0.1) is 16.7 Å². The molecule has 0 radical (unpaired) electrons. The number of rotatable bonds is 21. The van der Waals surface area contributed by atoms with Crippen LogP contribution in [-0.2, 0) is 20.8 Å². The zero-order valence-electron chi connectivity index (χ0n) is 34.2. The molecule has 4 aliphatic rings. The highest BCUT2D eigenvalue weighted by molar-refractivity contribution is 6.23. The maximum Gasteiger partial charge on any atom is 0.262 e. The first-order valence-corrected chi connectivity index (χ1v) is 21.6. The molecule has 0 aliphatic carbocycles. The third-order valence-corrected chi connectivity index (χ3v) is 12.2. The fourth-order valence-electron chi connectivity index (χ4n) is 8.88. The highest BCUT2D eigenvalue weighted by Gasteiger charge is 2.45. The second kappa shape index (κ2) is 19.8. The number of phenols is 1. The molecule has 4 aliphatic heterocycles.